The molecule has 1 aromatic carbocycles. The third kappa shape index (κ3) is 3.55. The van der Waals surface area contributed by atoms with E-state index in [9.17, 15) is 4.39 Å². The molecule has 5 heteroatoms. The number of likely N-dealkylation sites (tertiary alicyclic amines) is 1. The molecule has 1 atom stereocenters. The van der Waals surface area contributed by atoms with Gasteiger partial charge in [-0.05, 0) is 51.2 Å². The quantitative estimate of drug-likeness (QED) is 0.636. The summed E-state index contributed by atoms with van der Waals surface area (Å²) in [5.74, 6) is -0.428. The Balaban J connectivity index is 2.03. The van der Waals surface area contributed by atoms with E-state index in [0.29, 0.717) is 18.2 Å². The topological polar surface area (TPSA) is 56.4 Å². The summed E-state index contributed by atoms with van der Waals surface area (Å²) in [6.07, 6.45) is 2.48. The first-order valence-corrected chi connectivity index (χ1v) is 6.99. The van der Waals surface area contributed by atoms with Gasteiger partial charge in [0.2, 0.25) is 0 Å². The zero-order chi connectivity index (χ0) is 14.7. The largest absolute Gasteiger partial charge is 0.384 e. The molecule has 110 valence electrons. The maximum Gasteiger partial charge on any atom is 0.123 e. The van der Waals surface area contributed by atoms with Crippen LogP contribution in [0.25, 0.3) is 0 Å². The predicted octanol–water partition coefficient (Wildman–Crippen LogP) is 1.64. The maximum absolute atomic E-state index is 13.3. The highest BCUT2D eigenvalue weighted by molar-refractivity contribution is 5.96. The van der Waals surface area contributed by atoms with Crippen LogP contribution in [-0.2, 0) is 6.54 Å². The van der Waals surface area contributed by atoms with Gasteiger partial charge in [0.05, 0.1) is 0 Å². The lowest BCUT2D eigenvalue weighted by molar-refractivity contribution is 0.215. The van der Waals surface area contributed by atoms with Gasteiger partial charge in [0.1, 0.15) is 11.7 Å². The van der Waals surface area contributed by atoms with E-state index in [1.54, 1.807) is 6.07 Å². The Kier molecular flexibility index (Phi) is 4.73. The summed E-state index contributed by atoms with van der Waals surface area (Å²) < 4.78 is 13.3. The molecule has 1 aromatic rings. The second-order valence-corrected chi connectivity index (χ2v) is 5.69. The van der Waals surface area contributed by atoms with Crippen molar-refractivity contribution >= 4 is 5.84 Å². The van der Waals surface area contributed by atoms with E-state index in [0.717, 1.165) is 18.7 Å². The molecular weight excluding hydrogens is 255 g/mol. The Labute approximate surface area is 119 Å². The van der Waals surface area contributed by atoms with Gasteiger partial charge in [-0.2, -0.15) is 0 Å². The highest BCUT2D eigenvalue weighted by atomic mass is 19.1. The first-order valence-electron chi connectivity index (χ1n) is 6.99. The lowest BCUT2D eigenvalue weighted by Crippen LogP contribution is -2.36. The molecule has 0 aromatic heterocycles. The van der Waals surface area contributed by atoms with E-state index in [-0.39, 0.29) is 11.7 Å². The van der Waals surface area contributed by atoms with Crippen LogP contribution in [0.4, 0.5) is 4.39 Å². The molecule has 0 bridgehead atoms. The summed E-state index contributed by atoms with van der Waals surface area (Å²) in [7, 11) is 4.21. The van der Waals surface area contributed by atoms with Gasteiger partial charge in [-0.25, -0.2) is 4.39 Å². The molecule has 0 radical (unpaired) electrons. The molecule has 3 N–H and O–H groups in total. The predicted molar refractivity (Wildman–Crippen MR) is 79.4 cm³/mol. The van der Waals surface area contributed by atoms with Gasteiger partial charge in [-0.1, -0.05) is 6.07 Å². The van der Waals surface area contributed by atoms with E-state index < -0.39 is 0 Å². The van der Waals surface area contributed by atoms with Crippen molar-refractivity contribution in [1.82, 2.24) is 9.80 Å². The molecule has 2 rings (SSSR count). The summed E-state index contributed by atoms with van der Waals surface area (Å²) >= 11 is 0. The minimum Gasteiger partial charge on any atom is -0.384 e. The van der Waals surface area contributed by atoms with Gasteiger partial charge >= 0.3 is 0 Å². The lowest BCUT2D eigenvalue weighted by Gasteiger charge is -2.26. The van der Waals surface area contributed by atoms with Crippen LogP contribution in [0.1, 0.15) is 24.0 Å². The normalized spacial score (nSPS) is 19.7. The molecular formula is C15H23FN4. The number of benzene rings is 1. The molecule has 0 saturated carbocycles. The smallest absolute Gasteiger partial charge is 0.123 e. The molecule has 1 fully saturated rings. The Hall–Kier alpha value is -1.46. The average molecular weight is 278 g/mol. The number of nitrogens with one attached hydrogen (secondary N) is 1. The fraction of sp³-hybridized carbons (Fsp3) is 0.533. The highest BCUT2D eigenvalue weighted by Gasteiger charge is 2.22. The van der Waals surface area contributed by atoms with Crippen molar-refractivity contribution in [3.8, 4) is 0 Å². The van der Waals surface area contributed by atoms with Gasteiger partial charge in [0.25, 0.3) is 0 Å². The second kappa shape index (κ2) is 6.33. The van der Waals surface area contributed by atoms with Gasteiger partial charge in [0.15, 0.2) is 0 Å². The second-order valence-electron chi connectivity index (χ2n) is 5.69. The molecule has 20 heavy (non-hydrogen) atoms. The van der Waals surface area contributed by atoms with Gasteiger partial charge in [0, 0.05) is 24.7 Å². The van der Waals surface area contributed by atoms with Crippen LogP contribution in [0.3, 0.4) is 0 Å². The number of hydrogen-bond acceptors (Lipinski definition) is 3. The summed E-state index contributed by atoms with van der Waals surface area (Å²) in [6.45, 7) is 2.82. The number of nitrogen functional groups attached to an aromatic ring is 1. The number of halogens is 1. The van der Waals surface area contributed by atoms with Crippen LogP contribution in [0.5, 0.6) is 0 Å². The molecule has 1 unspecified atom stereocenters. The van der Waals surface area contributed by atoms with Crippen LogP contribution in [-0.4, -0.2) is 48.9 Å². The molecule has 4 nitrogen and oxygen atoms in total. The van der Waals surface area contributed by atoms with Gasteiger partial charge in [-0.15, -0.1) is 0 Å². The third-order valence-corrected chi connectivity index (χ3v) is 4.00. The Morgan fingerprint density at radius 1 is 1.55 bits per heavy atom. The van der Waals surface area contributed by atoms with Crippen molar-refractivity contribution in [3.05, 3.63) is 35.1 Å². The summed E-state index contributed by atoms with van der Waals surface area (Å²) in [5, 5.41) is 7.56. The number of rotatable bonds is 5. The number of nitrogens with two attached hydrogens (primary N) is 1. The van der Waals surface area contributed by atoms with E-state index in [4.69, 9.17) is 11.1 Å². The van der Waals surface area contributed by atoms with E-state index >= 15 is 0 Å². The van der Waals surface area contributed by atoms with Crippen LogP contribution >= 0.6 is 0 Å². The van der Waals surface area contributed by atoms with E-state index in [1.165, 1.54) is 25.0 Å². The minimum atomic E-state index is -0.350. The van der Waals surface area contributed by atoms with Crippen LogP contribution < -0.4 is 5.73 Å². The van der Waals surface area contributed by atoms with Crippen molar-refractivity contribution in [3.63, 3.8) is 0 Å². The van der Waals surface area contributed by atoms with Crippen LogP contribution in [0, 0.1) is 11.2 Å². The van der Waals surface area contributed by atoms with Gasteiger partial charge < -0.3 is 15.5 Å². The summed E-state index contributed by atoms with van der Waals surface area (Å²) in [5.41, 5.74) is 6.94. The van der Waals surface area contributed by atoms with Crippen molar-refractivity contribution < 1.29 is 4.39 Å². The zero-order valence-corrected chi connectivity index (χ0v) is 12.2. The van der Waals surface area contributed by atoms with Gasteiger partial charge in [-0.3, -0.25) is 5.41 Å². The number of amidine groups is 1. The average Bonchev–Trinajstić information content (AvgIpc) is 2.77. The Morgan fingerprint density at radius 2 is 2.30 bits per heavy atom. The zero-order valence-electron chi connectivity index (χ0n) is 12.2. The monoisotopic (exact) mass is 278 g/mol. The fourth-order valence-corrected chi connectivity index (χ4v) is 2.86. The standard InChI is InChI=1S/C15H23FN4/c1-19(10-13-4-3-7-20(13)2)9-11-5-6-12(16)8-14(11)15(17)18/h5-6,8,13H,3-4,7,9-10H2,1-2H3,(H3,17,18). The SMILES string of the molecule is CN(Cc1ccc(F)cc1C(=N)N)CC1CCCN1C. The van der Waals surface area contributed by atoms with Crippen LogP contribution in [0.15, 0.2) is 18.2 Å². The summed E-state index contributed by atoms with van der Waals surface area (Å²) in [6, 6.07) is 5.08. The molecule has 0 amide bonds. The first-order chi connectivity index (χ1) is 9.47. The molecule has 0 spiro atoms. The number of nitrogens with zero attached hydrogens (tertiary/aromatic N) is 2. The minimum absolute atomic E-state index is 0.0779. The van der Waals surface area contributed by atoms with E-state index in [2.05, 4.69) is 23.9 Å². The Morgan fingerprint density at radius 3 is 2.90 bits per heavy atom. The van der Waals surface area contributed by atoms with Crippen LogP contribution in [0.2, 0.25) is 0 Å². The van der Waals surface area contributed by atoms with Crippen molar-refractivity contribution in [1.29, 1.82) is 5.41 Å². The molecule has 1 aliphatic heterocycles. The Bertz CT molecular complexity index is 489. The van der Waals surface area contributed by atoms with Crippen molar-refractivity contribution in [2.45, 2.75) is 25.4 Å². The maximum atomic E-state index is 13.3. The molecule has 1 saturated heterocycles. The molecule has 1 aliphatic rings. The third-order valence-electron chi connectivity index (χ3n) is 4.00. The summed E-state index contributed by atoms with van der Waals surface area (Å²) in [4.78, 5) is 4.60. The highest BCUT2D eigenvalue weighted by Crippen LogP contribution is 2.18. The molecule has 0 aliphatic carbocycles. The number of likely N-dealkylation sites (N-methyl/N-ethyl adjacent to an activating group) is 2. The first kappa shape index (κ1) is 14.9. The van der Waals surface area contributed by atoms with E-state index in [1.807, 2.05) is 0 Å². The van der Waals surface area contributed by atoms with Crippen molar-refractivity contribution in [2.75, 3.05) is 27.2 Å². The number of hydrogen-bond donors (Lipinski definition) is 2. The molecule has 1 heterocycles. The fourth-order valence-electron chi connectivity index (χ4n) is 2.86. The lowest BCUT2D eigenvalue weighted by atomic mass is 10.1. The van der Waals surface area contributed by atoms with Crippen molar-refractivity contribution in [2.24, 2.45) is 5.73 Å².